The first-order valence-corrected chi connectivity index (χ1v) is 4.42. The Hall–Kier alpha value is -1.55. The maximum Gasteiger partial charge on any atom is 0.260 e. The summed E-state index contributed by atoms with van der Waals surface area (Å²) in [6.07, 6.45) is 1.43. The summed E-state index contributed by atoms with van der Waals surface area (Å²) in [5.74, 6) is -0.106. The smallest absolute Gasteiger partial charge is 0.260 e. The fraction of sp³-hybridized carbons (Fsp3) is 0.111. The Balaban J connectivity index is 2.54. The average molecular weight is 210 g/mol. The third-order valence-electron chi connectivity index (χ3n) is 1.95. The lowest BCUT2D eigenvalue weighted by Crippen LogP contribution is -2.23. The standard InChI is InChI=1S/C9H8ClN3O/c1-13-5-11-12-8-4-6(10)2-3-7(8)9(13)14/h2-5,12H,1H3. The van der Waals surface area contributed by atoms with Crippen molar-refractivity contribution >= 4 is 29.5 Å². The molecule has 2 rings (SSSR count). The SMILES string of the molecule is CN1C=NNc2cc(Cl)ccc2C1=O. The maximum absolute atomic E-state index is 11.7. The summed E-state index contributed by atoms with van der Waals surface area (Å²) >= 11 is 5.80. The Morgan fingerprint density at radius 2 is 2.29 bits per heavy atom. The van der Waals surface area contributed by atoms with Crippen LogP contribution in [0.5, 0.6) is 0 Å². The Morgan fingerprint density at radius 3 is 3.07 bits per heavy atom. The third-order valence-corrected chi connectivity index (χ3v) is 2.18. The monoisotopic (exact) mass is 209 g/mol. The molecule has 0 radical (unpaired) electrons. The Labute approximate surface area is 86.2 Å². The highest BCUT2D eigenvalue weighted by Gasteiger charge is 2.17. The molecule has 0 atom stereocenters. The lowest BCUT2D eigenvalue weighted by Gasteiger charge is -2.09. The number of carbonyl (C=O) groups is 1. The van der Waals surface area contributed by atoms with E-state index in [9.17, 15) is 4.79 Å². The van der Waals surface area contributed by atoms with Crippen molar-refractivity contribution < 1.29 is 4.79 Å². The number of rotatable bonds is 0. The fourth-order valence-electron chi connectivity index (χ4n) is 1.22. The molecule has 1 aromatic rings. The molecule has 1 aliphatic heterocycles. The molecule has 14 heavy (non-hydrogen) atoms. The van der Waals surface area contributed by atoms with Crippen LogP contribution in [0.25, 0.3) is 0 Å². The molecule has 1 amide bonds. The first-order chi connectivity index (χ1) is 6.68. The zero-order chi connectivity index (χ0) is 10.1. The molecule has 1 aromatic carbocycles. The second kappa shape index (κ2) is 3.31. The van der Waals surface area contributed by atoms with Crippen LogP contribution in [-0.4, -0.2) is 24.2 Å². The minimum Gasteiger partial charge on any atom is -0.300 e. The van der Waals surface area contributed by atoms with Gasteiger partial charge in [-0.15, -0.1) is 0 Å². The second-order valence-electron chi connectivity index (χ2n) is 2.96. The van der Waals surface area contributed by atoms with Gasteiger partial charge in [0.25, 0.3) is 5.91 Å². The molecule has 5 heteroatoms. The molecule has 0 aliphatic carbocycles. The van der Waals surface area contributed by atoms with Gasteiger partial charge in [0, 0.05) is 12.1 Å². The lowest BCUT2D eigenvalue weighted by molar-refractivity contribution is 0.0877. The number of nitrogens with zero attached hydrogens (tertiary/aromatic N) is 2. The number of hydrogen-bond acceptors (Lipinski definition) is 3. The van der Waals surface area contributed by atoms with Crippen LogP contribution in [0.1, 0.15) is 10.4 Å². The van der Waals surface area contributed by atoms with Gasteiger partial charge in [-0.05, 0) is 18.2 Å². The highest BCUT2D eigenvalue weighted by molar-refractivity contribution is 6.31. The summed E-state index contributed by atoms with van der Waals surface area (Å²) in [6, 6.07) is 5.03. The van der Waals surface area contributed by atoms with Crippen molar-refractivity contribution in [2.75, 3.05) is 12.5 Å². The van der Waals surface area contributed by atoms with Crippen LogP contribution in [0.4, 0.5) is 5.69 Å². The summed E-state index contributed by atoms with van der Waals surface area (Å²) in [4.78, 5) is 13.1. The van der Waals surface area contributed by atoms with Gasteiger partial charge in [0.15, 0.2) is 0 Å². The van der Waals surface area contributed by atoms with Gasteiger partial charge in [-0.3, -0.25) is 10.2 Å². The summed E-state index contributed by atoms with van der Waals surface area (Å²) in [5.41, 5.74) is 3.94. The average Bonchev–Trinajstić information content (AvgIpc) is 2.28. The number of carbonyl (C=O) groups excluding carboxylic acids is 1. The summed E-state index contributed by atoms with van der Waals surface area (Å²) in [6.45, 7) is 0. The minimum atomic E-state index is -0.106. The van der Waals surface area contributed by atoms with Gasteiger partial charge in [0.05, 0.1) is 11.3 Å². The molecule has 0 saturated heterocycles. The van der Waals surface area contributed by atoms with Crippen molar-refractivity contribution in [3.05, 3.63) is 28.8 Å². The molecule has 0 bridgehead atoms. The molecule has 4 nitrogen and oxygen atoms in total. The third kappa shape index (κ3) is 1.44. The number of hydrazone groups is 1. The molecule has 0 aromatic heterocycles. The van der Waals surface area contributed by atoms with Crippen LogP contribution in [0.15, 0.2) is 23.3 Å². The van der Waals surface area contributed by atoms with Crippen LogP contribution < -0.4 is 5.43 Å². The molecule has 1 N–H and O–H groups in total. The van der Waals surface area contributed by atoms with Crippen molar-refractivity contribution in [3.63, 3.8) is 0 Å². The molecule has 0 saturated carbocycles. The lowest BCUT2D eigenvalue weighted by atomic mass is 10.1. The largest absolute Gasteiger partial charge is 0.300 e. The zero-order valence-corrected chi connectivity index (χ0v) is 8.25. The highest BCUT2D eigenvalue weighted by atomic mass is 35.5. The number of benzene rings is 1. The molecular formula is C9H8ClN3O. The molecule has 1 heterocycles. The van der Waals surface area contributed by atoms with Gasteiger partial charge in [0.2, 0.25) is 0 Å². The van der Waals surface area contributed by atoms with E-state index >= 15 is 0 Å². The predicted molar refractivity (Wildman–Crippen MR) is 55.7 cm³/mol. The molecule has 0 unspecified atom stereocenters. The predicted octanol–water partition coefficient (Wildman–Crippen LogP) is 1.78. The normalized spacial score (nSPS) is 14.7. The first kappa shape index (κ1) is 9.02. The van der Waals surface area contributed by atoms with Crippen LogP contribution in [-0.2, 0) is 0 Å². The maximum atomic E-state index is 11.7. The minimum absolute atomic E-state index is 0.106. The number of hydrogen-bond donors (Lipinski definition) is 1. The van der Waals surface area contributed by atoms with E-state index in [1.807, 2.05) is 0 Å². The Kier molecular flexibility index (Phi) is 2.13. The van der Waals surface area contributed by atoms with Crippen LogP contribution in [0.3, 0.4) is 0 Å². The van der Waals surface area contributed by atoms with Gasteiger partial charge >= 0.3 is 0 Å². The highest BCUT2D eigenvalue weighted by Crippen LogP contribution is 2.23. The molecule has 1 aliphatic rings. The topological polar surface area (TPSA) is 44.7 Å². The second-order valence-corrected chi connectivity index (χ2v) is 3.40. The number of amides is 1. The number of nitrogens with one attached hydrogen (secondary N) is 1. The molecule has 0 spiro atoms. The number of halogens is 1. The van der Waals surface area contributed by atoms with Crippen molar-refractivity contribution in [2.24, 2.45) is 5.10 Å². The van der Waals surface area contributed by atoms with Gasteiger partial charge in [0.1, 0.15) is 6.34 Å². The van der Waals surface area contributed by atoms with Crippen molar-refractivity contribution in [2.45, 2.75) is 0 Å². The zero-order valence-electron chi connectivity index (χ0n) is 7.49. The quantitative estimate of drug-likeness (QED) is 0.708. The molecule has 0 fully saturated rings. The van der Waals surface area contributed by atoms with Crippen LogP contribution in [0.2, 0.25) is 5.02 Å². The van der Waals surface area contributed by atoms with E-state index in [0.717, 1.165) is 0 Å². The van der Waals surface area contributed by atoms with E-state index in [1.165, 1.54) is 11.2 Å². The van der Waals surface area contributed by atoms with E-state index in [0.29, 0.717) is 16.3 Å². The summed E-state index contributed by atoms with van der Waals surface area (Å²) < 4.78 is 0. The van der Waals surface area contributed by atoms with E-state index in [4.69, 9.17) is 11.6 Å². The van der Waals surface area contributed by atoms with Crippen LogP contribution >= 0.6 is 11.6 Å². The van der Waals surface area contributed by atoms with Crippen LogP contribution in [0, 0.1) is 0 Å². The van der Waals surface area contributed by atoms with E-state index < -0.39 is 0 Å². The van der Waals surface area contributed by atoms with E-state index in [-0.39, 0.29) is 5.91 Å². The van der Waals surface area contributed by atoms with Gasteiger partial charge < -0.3 is 4.90 Å². The van der Waals surface area contributed by atoms with Gasteiger partial charge in [-0.25, -0.2) is 0 Å². The Morgan fingerprint density at radius 1 is 1.50 bits per heavy atom. The first-order valence-electron chi connectivity index (χ1n) is 4.04. The van der Waals surface area contributed by atoms with E-state index in [1.54, 1.807) is 25.2 Å². The summed E-state index contributed by atoms with van der Waals surface area (Å²) in [5, 5.41) is 4.43. The molecular weight excluding hydrogens is 202 g/mol. The van der Waals surface area contributed by atoms with Crippen molar-refractivity contribution in [1.29, 1.82) is 0 Å². The number of fused-ring (bicyclic) bond motifs is 1. The van der Waals surface area contributed by atoms with Crippen molar-refractivity contribution in [1.82, 2.24) is 4.90 Å². The molecule has 72 valence electrons. The Bertz CT molecular complexity index is 417. The van der Waals surface area contributed by atoms with E-state index in [2.05, 4.69) is 10.5 Å². The summed E-state index contributed by atoms with van der Waals surface area (Å²) in [7, 11) is 1.65. The van der Waals surface area contributed by atoms with Gasteiger partial charge in [-0.2, -0.15) is 5.10 Å². The number of anilines is 1. The van der Waals surface area contributed by atoms with Crippen molar-refractivity contribution in [3.8, 4) is 0 Å². The van der Waals surface area contributed by atoms with Gasteiger partial charge in [-0.1, -0.05) is 11.6 Å². The fourth-order valence-corrected chi connectivity index (χ4v) is 1.40.